The van der Waals surface area contributed by atoms with Crippen LogP contribution in [0.15, 0.2) is 30.3 Å². The molecular formula is C21H27ClN2O5S. The average molecular weight is 455 g/mol. The molecule has 7 nitrogen and oxygen atoms in total. The number of methoxy groups -OCH3 is 2. The number of ether oxygens (including phenoxy) is 2. The Hall–Kier alpha value is -2.45. The highest BCUT2D eigenvalue weighted by molar-refractivity contribution is 7.92. The average Bonchev–Trinajstić information content (AvgIpc) is 2.68. The molecule has 2 aromatic rings. The fraction of sp³-hybridized carbons (Fsp3) is 0.381. The number of rotatable bonds is 9. The molecule has 1 amide bonds. The van der Waals surface area contributed by atoms with E-state index in [4.69, 9.17) is 21.1 Å². The molecule has 1 N–H and O–H groups in total. The van der Waals surface area contributed by atoms with Gasteiger partial charge in [-0.2, -0.15) is 0 Å². The molecule has 2 rings (SSSR count). The highest BCUT2D eigenvalue weighted by Gasteiger charge is 2.20. The highest BCUT2D eigenvalue weighted by Crippen LogP contribution is 2.36. The van der Waals surface area contributed by atoms with Crippen LogP contribution in [0.2, 0.25) is 5.02 Å². The van der Waals surface area contributed by atoms with Crippen molar-refractivity contribution in [3.8, 4) is 11.5 Å². The van der Waals surface area contributed by atoms with Gasteiger partial charge in [0.05, 0.1) is 36.9 Å². The van der Waals surface area contributed by atoms with Crippen molar-refractivity contribution in [1.82, 2.24) is 0 Å². The molecule has 164 valence electrons. The number of hydrogen-bond acceptors (Lipinski definition) is 5. The normalized spacial score (nSPS) is 11.1. The van der Waals surface area contributed by atoms with Crippen molar-refractivity contribution in [2.24, 2.45) is 0 Å². The van der Waals surface area contributed by atoms with E-state index in [0.717, 1.165) is 11.1 Å². The van der Waals surface area contributed by atoms with E-state index >= 15 is 0 Å². The van der Waals surface area contributed by atoms with Gasteiger partial charge in [0.1, 0.15) is 11.5 Å². The Balaban J connectivity index is 2.09. The fourth-order valence-electron chi connectivity index (χ4n) is 3.02. The molecule has 0 aliphatic rings. The minimum atomic E-state index is -3.49. The Kier molecular flexibility index (Phi) is 7.97. The number of nitrogens with zero attached hydrogens (tertiary/aromatic N) is 1. The Morgan fingerprint density at radius 1 is 1.13 bits per heavy atom. The molecule has 0 unspecified atom stereocenters. The first kappa shape index (κ1) is 23.8. The first-order valence-electron chi connectivity index (χ1n) is 9.33. The number of hydrogen-bond donors (Lipinski definition) is 1. The van der Waals surface area contributed by atoms with Crippen LogP contribution in [0.5, 0.6) is 11.5 Å². The zero-order valence-electron chi connectivity index (χ0n) is 17.8. The number of benzene rings is 2. The lowest BCUT2D eigenvalue weighted by molar-refractivity contribution is -0.116. The maximum Gasteiger partial charge on any atom is 0.232 e. The molecule has 0 spiro atoms. The minimum Gasteiger partial charge on any atom is -0.495 e. The molecule has 0 saturated heterocycles. The Labute approximate surface area is 183 Å². The fourth-order valence-corrected chi connectivity index (χ4v) is 4.27. The SMILES string of the molecule is COc1cc(NC(=O)CCCN(c2cccc(C)c2C)S(C)(=O)=O)c(OC)cc1Cl. The number of nitrogens with one attached hydrogen (secondary N) is 1. The van der Waals surface area contributed by atoms with Crippen LogP contribution in [0.4, 0.5) is 11.4 Å². The summed E-state index contributed by atoms with van der Waals surface area (Å²) in [5.41, 5.74) is 2.95. The van der Waals surface area contributed by atoms with Crippen molar-refractivity contribution in [3.63, 3.8) is 0 Å². The Bertz CT molecular complexity index is 1020. The van der Waals surface area contributed by atoms with E-state index in [-0.39, 0.29) is 18.9 Å². The number of amides is 1. The van der Waals surface area contributed by atoms with Gasteiger partial charge in [-0.15, -0.1) is 0 Å². The van der Waals surface area contributed by atoms with Gasteiger partial charge in [-0.1, -0.05) is 23.7 Å². The molecule has 0 aliphatic heterocycles. The summed E-state index contributed by atoms with van der Waals surface area (Å²) in [6.45, 7) is 4.01. The van der Waals surface area contributed by atoms with E-state index < -0.39 is 10.0 Å². The molecule has 0 aromatic heterocycles. The molecule has 0 heterocycles. The van der Waals surface area contributed by atoms with Gasteiger partial charge in [0.25, 0.3) is 0 Å². The molecule has 0 fully saturated rings. The first-order chi connectivity index (χ1) is 14.1. The highest BCUT2D eigenvalue weighted by atomic mass is 35.5. The van der Waals surface area contributed by atoms with Gasteiger partial charge in [-0.25, -0.2) is 8.42 Å². The summed E-state index contributed by atoms with van der Waals surface area (Å²) >= 11 is 6.08. The van der Waals surface area contributed by atoms with E-state index in [1.54, 1.807) is 18.2 Å². The molecule has 9 heteroatoms. The van der Waals surface area contributed by atoms with E-state index in [9.17, 15) is 13.2 Å². The maximum absolute atomic E-state index is 12.4. The van der Waals surface area contributed by atoms with E-state index in [2.05, 4.69) is 5.32 Å². The molecule has 0 bridgehead atoms. The van der Waals surface area contributed by atoms with Crippen molar-refractivity contribution in [2.75, 3.05) is 36.6 Å². The number of sulfonamides is 1. The second-order valence-corrected chi connectivity index (χ2v) is 9.21. The van der Waals surface area contributed by atoms with Gasteiger partial charge in [0, 0.05) is 25.1 Å². The summed E-state index contributed by atoms with van der Waals surface area (Å²) in [6, 6.07) is 8.66. The van der Waals surface area contributed by atoms with E-state index in [1.807, 2.05) is 26.0 Å². The molecule has 0 aliphatic carbocycles. The smallest absolute Gasteiger partial charge is 0.232 e. The van der Waals surface area contributed by atoms with Crippen molar-refractivity contribution >= 4 is 38.9 Å². The predicted molar refractivity (Wildman–Crippen MR) is 121 cm³/mol. The number of carbonyl (C=O) groups is 1. The van der Waals surface area contributed by atoms with Crippen molar-refractivity contribution in [2.45, 2.75) is 26.7 Å². The molecule has 2 aromatic carbocycles. The lowest BCUT2D eigenvalue weighted by atomic mass is 10.1. The van der Waals surface area contributed by atoms with Crippen LogP contribution in [0.1, 0.15) is 24.0 Å². The van der Waals surface area contributed by atoms with Gasteiger partial charge in [-0.3, -0.25) is 9.10 Å². The summed E-state index contributed by atoms with van der Waals surface area (Å²) in [5, 5.41) is 3.13. The minimum absolute atomic E-state index is 0.130. The lowest BCUT2D eigenvalue weighted by Crippen LogP contribution is -2.32. The summed E-state index contributed by atoms with van der Waals surface area (Å²) in [7, 11) is -0.535. The van der Waals surface area contributed by atoms with Crippen LogP contribution in [0, 0.1) is 13.8 Å². The summed E-state index contributed by atoms with van der Waals surface area (Å²) in [5.74, 6) is 0.542. The zero-order valence-corrected chi connectivity index (χ0v) is 19.4. The zero-order chi connectivity index (χ0) is 22.5. The topological polar surface area (TPSA) is 84.9 Å². The van der Waals surface area contributed by atoms with Gasteiger partial charge in [0.15, 0.2) is 0 Å². The van der Waals surface area contributed by atoms with Crippen LogP contribution < -0.4 is 19.1 Å². The van der Waals surface area contributed by atoms with Crippen LogP contribution in [0.3, 0.4) is 0 Å². The molecule has 0 saturated carbocycles. The Morgan fingerprint density at radius 3 is 2.40 bits per heavy atom. The summed E-state index contributed by atoms with van der Waals surface area (Å²) < 4.78 is 36.4. The number of carbonyl (C=O) groups excluding carboxylic acids is 1. The van der Waals surface area contributed by atoms with Gasteiger partial charge >= 0.3 is 0 Å². The monoisotopic (exact) mass is 454 g/mol. The van der Waals surface area contributed by atoms with Crippen molar-refractivity contribution in [1.29, 1.82) is 0 Å². The van der Waals surface area contributed by atoms with Crippen molar-refractivity contribution < 1.29 is 22.7 Å². The third-order valence-corrected chi connectivity index (χ3v) is 6.23. The second kappa shape index (κ2) is 10.0. The predicted octanol–water partition coefficient (Wildman–Crippen LogP) is 4.16. The largest absolute Gasteiger partial charge is 0.495 e. The maximum atomic E-state index is 12.4. The number of anilines is 2. The number of aryl methyl sites for hydroxylation is 1. The molecule has 30 heavy (non-hydrogen) atoms. The van der Waals surface area contributed by atoms with Crippen LogP contribution in [-0.2, 0) is 14.8 Å². The molecule has 0 atom stereocenters. The standard InChI is InChI=1S/C21H27ClN2O5S/c1-14-8-6-9-18(15(14)2)24(30(5,26)27)11-7-10-21(25)23-17-13-19(28-3)16(22)12-20(17)29-4/h6,8-9,12-13H,7,10-11H2,1-5H3,(H,23,25). The van der Waals surface area contributed by atoms with Gasteiger partial charge in [-0.05, 0) is 37.5 Å². The third kappa shape index (κ3) is 5.79. The van der Waals surface area contributed by atoms with Crippen molar-refractivity contribution in [3.05, 3.63) is 46.5 Å². The van der Waals surface area contributed by atoms with Crippen LogP contribution in [0.25, 0.3) is 0 Å². The first-order valence-corrected chi connectivity index (χ1v) is 11.6. The quantitative estimate of drug-likeness (QED) is 0.615. The van der Waals surface area contributed by atoms with E-state index in [0.29, 0.717) is 34.3 Å². The van der Waals surface area contributed by atoms with Gasteiger partial charge < -0.3 is 14.8 Å². The lowest BCUT2D eigenvalue weighted by Gasteiger charge is -2.25. The van der Waals surface area contributed by atoms with Crippen LogP contribution in [-0.4, -0.2) is 41.3 Å². The summed E-state index contributed by atoms with van der Waals surface area (Å²) in [4.78, 5) is 12.4. The van der Waals surface area contributed by atoms with Crippen LogP contribution >= 0.6 is 11.6 Å². The Morgan fingerprint density at radius 2 is 1.80 bits per heavy atom. The third-order valence-electron chi connectivity index (χ3n) is 4.76. The second-order valence-electron chi connectivity index (χ2n) is 6.89. The number of halogens is 1. The summed E-state index contributed by atoms with van der Waals surface area (Å²) in [6.07, 6.45) is 1.64. The molecule has 0 radical (unpaired) electrons. The van der Waals surface area contributed by atoms with E-state index in [1.165, 1.54) is 24.8 Å². The van der Waals surface area contributed by atoms with Gasteiger partial charge in [0.2, 0.25) is 15.9 Å². The molecular weight excluding hydrogens is 428 g/mol.